The van der Waals surface area contributed by atoms with Crippen molar-refractivity contribution in [2.45, 2.75) is 12.5 Å². The quantitative estimate of drug-likeness (QED) is 0.247. The topological polar surface area (TPSA) is 96.6 Å². The number of aromatic nitrogens is 1. The lowest BCUT2D eigenvalue weighted by Gasteiger charge is -2.34. The molecule has 0 saturated carbocycles. The van der Waals surface area contributed by atoms with E-state index in [1.165, 1.54) is 5.56 Å². The highest BCUT2D eigenvalue weighted by molar-refractivity contribution is 6.31. The number of hydrogen-bond donors (Lipinski definition) is 1. The van der Waals surface area contributed by atoms with E-state index in [1.54, 1.807) is 21.3 Å². The number of H-pyrrole nitrogens is 1. The van der Waals surface area contributed by atoms with E-state index in [0.29, 0.717) is 37.0 Å². The van der Waals surface area contributed by atoms with Crippen LogP contribution < -0.4 is 14.2 Å². The van der Waals surface area contributed by atoms with Gasteiger partial charge in [-0.15, -0.1) is 0 Å². The highest BCUT2D eigenvalue weighted by atomic mass is 35.5. The standard InChI is InChI=1S/C27H31ClN4O4.C8H10O2/c1-35-15-14-30-10-12-31(13-11-30)25(34)17-36-21-5-2-19(3-6-21)27-26-22(8-9-32(27)18-33)23-16-20(28)4-7-24(23)29-26;1-9-7-3-5-8(10-2)6-4-7/h2-7,16,18,27,29H,8-15,17H2,1H3;3-6H,1-2H3. The lowest BCUT2D eigenvalue weighted by atomic mass is 9.93. The van der Waals surface area contributed by atoms with Gasteiger partial charge in [-0.1, -0.05) is 23.7 Å². The Hall–Kier alpha value is -4.25. The van der Waals surface area contributed by atoms with E-state index in [1.807, 2.05) is 76.5 Å². The molecule has 0 spiro atoms. The zero-order chi connectivity index (χ0) is 32.5. The molecule has 6 rings (SSSR count). The van der Waals surface area contributed by atoms with Gasteiger partial charge in [0.25, 0.3) is 5.91 Å². The minimum atomic E-state index is -0.220. The predicted molar refractivity (Wildman–Crippen MR) is 178 cm³/mol. The molecule has 3 heterocycles. The number of amides is 2. The van der Waals surface area contributed by atoms with Gasteiger partial charge in [-0.25, -0.2) is 0 Å². The average molecular weight is 649 g/mol. The maximum absolute atomic E-state index is 12.6. The number of carbonyl (C=O) groups is 2. The van der Waals surface area contributed by atoms with Crippen molar-refractivity contribution in [3.63, 3.8) is 0 Å². The number of methoxy groups -OCH3 is 3. The van der Waals surface area contributed by atoms with E-state index in [2.05, 4.69) is 9.88 Å². The third-order valence-corrected chi connectivity index (χ3v) is 8.69. The fraction of sp³-hybridized carbons (Fsp3) is 0.371. The molecule has 2 aliphatic rings. The normalized spacial score (nSPS) is 16.3. The number of carbonyl (C=O) groups excluding carboxylic acids is 2. The molecule has 1 atom stereocenters. The second-order valence-corrected chi connectivity index (χ2v) is 11.6. The number of nitrogens with zero attached hydrogens (tertiary/aromatic N) is 3. The van der Waals surface area contributed by atoms with Crippen LogP contribution in [0.2, 0.25) is 5.02 Å². The van der Waals surface area contributed by atoms with E-state index in [9.17, 15) is 9.59 Å². The first kappa shape index (κ1) is 33.1. The number of piperazine rings is 1. The van der Waals surface area contributed by atoms with Gasteiger partial charge < -0.3 is 33.7 Å². The predicted octanol–water partition coefficient (Wildman–Crippen LogP) is 4.80. The summed E-state index contributed by atoms with van der Waals surface area (Å²) in [4.78, 5) is 34.0. The molecule has 0 radical (unpaired) electrons. The van der Waals surface area contributed by atoms with Gasteiger partial charge in [0.2, 0.25) is 6.41 Å². The van der Waals surface area contributed by atoms with Crippen LogP contribution in [0.15, 0.2) is 66.7 Å². The number of nitrogens with one attached hydrogen (secondary N) is 1. The summed E-state index contributed by atoms with van der Waals surface area (Å²) in [6.07, 6.45) is 1.68. The van der Waals surface area contributed by atoms with Crippen molar-refractivity contribution in [1.82, 2.24) is 19.7 Å². The molecule has 244 valence electrons. The first-order valence-corrected chi connectivity index (χ1v) is 15.7. The number of fused-ring (bicyclic) bond motifs is 3. The Morgan fingerprint density at radius 1 is 0.891 bits per heavy atom. The minimum Gasteiger partial charge on any atom is -0.497 e. The molecule has 46 heavy (non-hydrogen) atoms. The van der Waals surface area contributed by atoms with Crippen LogP contribution in [0.1, 0.15) is 22.9 Å². The molecule has 0 aliphatic carbocycles. The summed E-state index contributed by atoms with van der Waals surface area (Å²) < 4.78 is 20.9. The molecule has 11 heteroatoms. The van der Waals surface area contributed by atoms with Crippen molar-refractivity contribution in [2.75, 3.05) is 73.8 Å². The van der Waals surface area contributed by atoms with Crippen molar-refractivity contribution in [2.24, 2.45) is 0 Å². The number of halogens is 1. The van der Waals surface area contributed by atoms with Crippen LogP contribution in [0.25, 0.3) is 10.9 Å². The van der Waals surface area contributed by atoms with Gasteiger partial charge in [0.05, 0.1) is 26.9 Å². The summed E-state index contributed by atoms with van der Waals surface area (Å²) in [5.74, 6) is 2.32. The fourth-order valence-electron chi connectivity index (χ4n) is 5.89. The van der Waals surface area contributed by atoms with Crippen LogP contribution in [0.5, 0.6) is 17.2 Å². The minimum absolute atomic E-state index is 0.00810. The van der Waals surface area contributed by atoms with Crippen molar-refractivity contribution in [3.8, 4) is 17.2 Å². The molecular formula is C35H41ClN4O6. The van der Waals surface area contributed by atoms with Gasteiger partial charge in [-0.05, 0) is 72.1 Å². The summed E-state index contributed by atoms with van der Waals surface area (Å²) in [5.41, 5.74) is 4.20. The van der Waals surface area contributed by atoms with Gasteiger partial charge in [0.1, 0.15) is 17.2 Å². The zero-order valence-electron chi connectivity index (χ0n) is 26.5. The highest BCUT2D eigenvalue weighted by Gasteiger charge is 2.31. The first-order valence-electron chi connectivity index (χ1n) is 15.3. The summed E-state index contributed by atoms with van der Waals surface area (Å²) in [6, 6.07) is 20.7. The van der Waals surface area contributed by atoms with E-state index in [4.69, 9.17) is 30.5 Å². The number of hydrogen-bond acceptors (Lipinski definition) is 7. The number of rotatable bonds is 10. The molecule has 1 N–H and O–H groups in total. The summed E-state index contributed by atoms with van der Waals surface area (Å²) >= 11 is 6.24. The fourth-order valence-corrected chi connectivity index (χ4v) is 6.06. The number of aromatic amines is 1. The van der Waals surface area contributed by atoms with Gasteiger partial charge >= 0.3 is 0 Å². The Bertz CT molecular complexity index is 1560. The number of ether oxygens (including phenoxy) is 4. The van der Waals surface area contributed by atoms with E-state index < -0.39 is 0 Å². The van der Waals surface area contributed by atoms with Crippen LogP contribution in [0.4, 0.5) is 0 Å². The molecule has 2 amide bonds. The summed E-state index contributed by atoms with van der Waals surface area (Å²) in [6.45, 7) is 5.32. The van der Waals surface area contributed by atoms with E-state index in [0.717, 1.165) is 66.1 Å². The molecule has 4 aromatic rings. The van der Waals surface area contributed by atoms with Crippen molar-refractivity contribution < 1.29 is 28.5 Å². The van der Waals surface area contributed by atoms with Crippen LogP contribution in [-0.4, -0.2) is 106 Å². The molecule has 10 nitrogen and oxygen atoms in total. The second-order valence-electron chi connectivity index (χ2n) is 11.2. The van der Waals surface area contributed by atoms with Crippen molar-refractivity contribution in [3.05, 3.63) is 88.6 Å². The Morgan fingerprint density at radius 2 is 1.54 bits per heavy atom. The van der Waals surface area contributed by atoms with E-state index in [-0.39, 0.29) is 18.6 Å². The Labute approximate surface area is 274 Å². The molecular weight excluding hydrogens is 608 g/mol. The number of benzene rings is 3. The lowest BCUT2D eigenvalue weighted by Crippen LogP contribution is -2.50. The molecule has 3 aromatic carbocycles. The summed E-state index contributed by atoms with van der Waals surface area (Å²) in [5, 5.41) is 1.80. The van der Waals surface area contributed by atoms with Crippen molar-refractivity contribution in [1.29, 1.82) is 0 Å². The van der Waals surface area contributed by atoms with Gasteiger partial charge in [-0.3, -0.25) is 14.5 Å². The molecule has 1 aromatic heterocycles. The third-order valence-electron chi connectivity index (χ3n) is 8.45. The Kier molecular flexibility index (Phi) is 11.4. The van der Waals surface area contributed by atoms with Gasteiger partial charge in [-0.2, -0.15) is 0 Å². The first-order chi connectivity index (χ1) is 22.4. The lowest BCUT2D eigenvalue weighted by molar-refractivity contribution is -0.135. The average Bonchev–Trinajstić information content (AvgIpc) is 3.47. The maximum Gasteiger partial charge on any atom is 0.260 e. The zero-order valence-corrected chi connectivity index (χ0v) is 27.3. The Balaban J connectivity index is 0.000000356. The SMILES string of the molecule is COCCN1CCN(C(=O)COc2ccc(C3c4[nH]c5ccc(Cl)cc5c4CCN3C=O)cc2)CC1.COc1ccc(OC)cc1. The molecule has 2 aliphatic heterocycles. The molecule has 1 saturated heterocycles. The molecule has 1 unspecified atom stereocenters. The van der Waals surface area contributed by atoms with Crippen LogP contribution in [-0.2, 0) is 20.7 Å². The molecule has 0 bridgehead atoms. The maximum atomic E-state index is 12.6. The van der Waals surface area contributed by atoms with Crippen LogP contribution in [0.3, 0.4) is 0 Å². The van der Waals surface area contributed by atoms with Gasteiger partial charge in [0, 0.05) is 68.0 Å². The largest absolute Gasteiger partial charge is 0.497 e. The van der Waals surface area contributed by atoms with Crippen LogP contribution in [0, 0.1) is 0 Å². The Morgan fingerprint density at radius 3 is 2.15 bits per heavy atom. The van der Waals surface area contributed by atoms with Gasteiger partial charge in [0.15, 0.2) is 6.61 Å². The summed E-state index contributed by atoms with van der Waals surface area (Å²) in [7, 11) is 4.98. The third kappa shape index (κ3) is 7.93. The monoisotopic (exact) mass is 648 g/mol. The highest BCUT2D eigenvalue weighted by Crippen LogP contribution is 2.38. The van der Waals surface area contributed by atoms with Crippen LogP contribution >= 0.6 is 11.6 Å². The smallest absolute Gasteiger partial charge is 0.260 e. The second kappa shape index (κ2) is 15.8. The molecule has 1 fully saturated rings. The van der Waals surface area contributed by atoms with Crippen molar-refractivity contribution >= 4 is 34.8 Å². The van der Waals surface area contributed by atoms with E-state index >= 15 is 0 Å².